The number of nitrogens with zero attached hydrogens (tertiary/aromatic N) is 3. The van der Waals surface area contributed by atoms with Crippen molar-refractivity contribution in [3.05, 3.63) is 57.8 Å². The molecule has 22 heavy (non-hydrogen) atoms. The molecule has 0 unspecified atom stereocenters. The summed E-state index contributed by atoms with van der Waals surface area (Å²) in [6.07, 6.45) is 6.58. The second kappa shape index (κ2) is 6.51. The zero-order valence-electron chi connectivity index (χ0n) is 12.3. The van der Waals surface area contributed by atoms with Gasteiger partial charge in [-0.05, 0) is 36.5 Å². The Kier molecular flexibility index (Phi) is 4.27. The van der Waals surface area contributed by atoms with Crippen molar-refractivity contribution in [1.29, 1.82) is 0 Å². The van der Waals surface area contributed by atoms with Crippen LogP contribution in [0.25, 0.3) is 0 Å². The van der Waals surface area contributed by atoms with Crippen LogP contribution in [-0.4, -0.2) is 27.2 Å². The van der Waals surface area contributed by atoms with Crippen molar-refractivity contribution < 1.29 is 4.79 Å². The highest BCUT2D eigenvalue weighted by Gasteiger charge is 2.14. The van der Waals surface area contributed by atoms with E-state index in [1.54, 1.807) is 24.5 Å². The average Bonchev–Trinajstić information content (AvgIpc) is 2.95. The van der Waals surface area contributed by atoms with E-state index in [0.717, 1.165) is 36.1 Å². The SMILES string of the molecule is O=C(Cc1cccnc1)NCCn1nc2c(cc1=O)CCC2. The lowest BCUT2D eigenvalue weighted by Gasteiger charge is -2.08. The number of hydrogen-bond donors (Lipinski definition) is 1. The molecular formula is C16H18N4O2. The van der Waals surface area contributed by atoms with E-state index in [1.807, 2.05) is 6.07 Å². The van der Waals surface area contributed by atoms with Crippen molar-refractivity contribution >= 4 is 5.91 Å². The maximum atomic E-state index is 11.9. The molecule has 1 aliphatic carbocycles. The van der Waals surface area contributed by atoms with Crippen LogP contribution >= 0.6 is 0 Å². The van der Waals surface area contributed by atoms with Crippen molar-refractivity contribution in [1.82, 2.24) is 20.1 Å². The highest BCUT2D eigenvalue weighted by Crippen LogP contribution is 2.16. The molecular weight excluding hydrogens is 280 g/mol. The molecule has 0 aromatic carbocycles. The van der Waals surface area contributed by atoms with Gasteiger partial charge >= 0.3 is 0 Å². The third-order valence-electron chi connectivity index (χ3n) is 3.76. The molecule has 6 nitrogen and oxygen atoms in total. The monoisotopic (exact) mass is 298 g/mol. The van der Waals surface area contributed by atoms with E-state index in [-0.39, 0.29) is 11.5 Å². The number of aromatic nitrogens is 3. The normalized spacial score (nSPS) is 12.9. The van der Waals surface area contributed by atoms with Crippen LogP contribution in [0.1, 0.15) is 23.2 Å². The van der Waals surface area contributed by atoms with Crippen molar-refractivity contribution in [2.45, 2.75) is 32.2 Å². The fourth-order valence-electron chi connectivity index (χ4n) is 2.65. The molecule has 114 valence electrons. The number of carbonyl (C=O) groups is 1. The minimum Gasteiger partial charge on any atom is -0.354 e. The Morgan fingerprint density at radius 2 is 2.27 bits per heavy atom. The van der Waals surface area contributed by atoms with E-state index < -0.39 is 0 Å². The smallest absolute Gasteiger partial charge is 0.267 e. The first-order valence-corrected chi connectivity index (χ1v) is 7.48. The number of aryl methyl sites for hydroxylation is 2. The van der Waals surface area contributed by atoms with Crippen LogP contribution in [0.15, 0.2) is 35.4 Å². The van der Waals surface area contributed by atoms with E-state index in [2.05, 4.69) is 15.4 Å². The van der Waals surface area contributed by atoms with Crippen molar-refractivity contribution in [3.8, 4) is 0 Å². The second-order valence-corrected chi connectivity index (χ2v) is 5.42. The molecule has 2 heterocycles. The van der Waals surface area contributed by atoms with Gasteiger partial charge in [-0.1, -0.05) is 6.07 Å². The second-order valence-electron chi connectivity index (χ2n) is 5.42. The molecule has 0 fully saturated rings. The molecule has 3 rings (SSSR count). The van der Waals surface area contributed by atoms with Crippen LogP contribution in [0.3, 0.4) is 0 Å². The fraction of sp³-hybridized carbons (Fsp3) is 0.375. The molecule has 0 atom stereocenters. The van der Waals surface area contributed by atoms with Crippen LogP contribution in [0.4, 0.5) is 0 Å². The third kappa shape index (κ3) is 3.39. The Hall–Kier alpha value is -2.50. The maximum absolute atomic E-state index is 11.9. The third-order valence-corrected chi connectivity index (χ3v) is 3.76. The Labute approximate surface area is 128 Å². The molecule has 0 aliphatic heterocycles. The van der Waals surface area contributed by atoms with Gasteiger partial charge in [-0.25, -0.2) is 4.68 Å². The summed E-state index contributed by atoms with van der Waals surface area (Å²) >= 11 is 0. The zero-order chi connectivity index (χ0) is 15.4. The minimum atomic E-state index is -0.0952. The summed E-state index contributed by atoms with van der Waals surface area (Å²) in [5.74, 6) is -0.0813. The molecule has 6 heteroatoms. The van der Waals surface area contributed by atoms with Gasteiger partial charge in [0.05, 0.1) is 18.7 Å². The van der Waals surface area contributed by atoms with Gasteiger partial charge in [-0.15, -0.1) is 0 Å². The highest BCUT2D eigenvalue weighted by atomic mass is 16.1. The molecule has 0 saturated carbocycles. The molecule has 1 aliphatic rings. The number of nitrogens with one attached hydrogen (secondary N) is 1. The summed E-state index contributed by atoms with van der Waals surface area (Å²) in [4.78, 5) is 27.7. The first kappa shape index (κ1) is 14.4. The summed E-state index contributed by atoms with van der Waals surface area (Å²) in [6.45, 7) is 0.787. The van der Waals surface area contributed by atoms with E-state index in [9.17, 15) is 9.59 Å². The van der Waals surface area contributed by atoms with E-state index >= 15 is 0 Å². The highest BCUT2D eigenvalue weighted by molar-refractivity contribution is 5.78. The van der Waals surface area contributed by atoms with Gasteiger partial charge in [0.2, 0.25) is 5.91 Å². The molecule has 2 aromatic rings. The Morgan fingerprint density at radius 1 is 1.36 bits per heavy atom. The molecule has 1 N–H and O–H groups in total. The molecule has 2 aromatic heterocycles. The Morgan fingerprint density at radius 3 is 3.09 bits per heavy atom. The van der Waals surface area contributed by atoms with E-state index in [0.29, 0.717) is 19.5 Å². The fourth-order valence-corrected chi connectivity index (χ4v) is 2.65. The van der Waals surface area contributed by atoms with Crippen LogP contribution in [0.2, 0.25) is 0 Å². The van der Waals surface area contributed by atoms with Crippen LogP contribution in [0, 0.1) is 0 Å². The quantitative estimate of drug-likeness (QED) is 0.871. The largest absolute Gasteiger partial charge is 0.354 e. The number of hydrogen-bond acceptors (Lipinski definition) is 4. The lowest BCUT2D eigenvalue weighted by Crippen LogP contribution is -2.33. The minimum absolute atomic E-state index is 0.0813. The molecule has 1 amide bonds. The van der Waals surface area contributed by atoms with Crippen LogP contribution in [-0.2, 0) is 30.6 Å². The predicted octanol–water partition coefficient (Wildman–Crippen LogP) is 0.486. The van der Waals surface area contributed by atoms with E-state index in [4.69, 9.17) is 0 Å². The summed E-state index contributed by atoms with van der Waals surface area (Å²) in [6, 6.07) is 5.34. The summed E-state index contributed by atoms with van der Waals surface area (Å²) in [5.41, 5.74) is 2.86. The summed E-state index contributed by atoms with van der Waals surface area (Å²) in [7, 11) is 0. The predicted molar refractivity (Wildman–Crippen MR) is 81.5 cm³/mol. The topological polar surface area (TPSA) is 76.9 Å². The van der Waals surface area contributed by atoms with E-state index in [1.165, 1.54) is 4.68 Å². The average molecular weight is 298 g/mol. The van der Waals surface area contributed by atoms with Crippen molar-refractivity contribution in [2.75, 3.05) is 6.54 Å². The Bertz CT molecular complexity index is 725. The summed E-state index contributed by atoms with van der Waals surface area (Å²) in [5, 5.41) is 7.18. The maximum Gasteiger partial charge on any atom is 0.267 e. The molecule has 0 radical (unpaired) electrons. The lowest BCUT2D eigenvalue weighted by molar-refractivity contribution is -0.120. The summed E-state index contributed by atoms with van der Waals surface area (Å²) < 4.78 is 1.44. The van der Waals surface area contributed by atoms with Gasteiger partial charge < -0.3 is 5.32 Å². The number of amides is 1. The molecule has 0 bridgehead atoms. The van der Waals surface area contributed by atoms with Crippen LogP contribution < -0.4 is 10.9 Å². The first-order valence-electron chi connectivity index (χ1n) is 7.48. The van der Waals surface area contributed by atoms with Gasteiger partial charge in [-0.3, -0.25) is 14.6 Å². The Balaban J connectivity index is 1.53. The zero-order valence-corrected chi connectivity index (χ0v) is 12.3. The molecule has 0 saturated heterocycles. The van der Waals surface area contributed by atoms with Crippen molar-refractivity contribution in [3.63, 3.8) is 0 Å². The van der Waals surface area contributed by atoms with Gasteiger partial charge in [-0.2, -0.15) is 5.10 Å². The lowest BCUT2D eigenvalue weighted by atomic mass is 10.2. The van der Waals surface area contributed by atoms with Gasteiger partial charge in [0, 0.05) is 25.0 Å². The van der Waals surface area contributed by atoms with Crippen molar-refractivity contribution in [2.24, 2.45) is 0 Å². The van der Waals surface area contributed by atoms with Gasteiger partial charge in [0.1, 0.15) is 0 Å². The first-order chi connectivity index (χ1) is 10.7. The number of pyridine rings is 1. The van der Waals surface area contributed by atoms with Gasteiger partial charge in [0.25, 0.3) is 5.56 Å². The number of carbonyl (C=O) groups excluding carboxylic acids is 1. The van der Waals surface area contributed by atoms with Crippen LogP contribution in [0.5, 0.6) is 0 Å². The number of rotatable bonds is 5. The number of fused-ring (bicyclic) bond motifs is 1. The van der Waals surface area contributed by atoms with Gasteiger partial charge in [0.15, 0.2) is 0 Å². The molecule has 0 spiro atoms. The standard InChI is InChI=1S/C16H18N4O2/c21-15(9-12-3-2-6-17-11-12)18-7-8-20-16(22)10-13-4-1-5-14(13)19-20/h2-3,6,10-11H,1,4-5,7-9H2,(H,18,21).